The fraction of sp³-hybridized carbons (Fsp3) is 0.436. The SMILES string of the molecule is CCOc1nc2[nH]cc(F)c2cc1Oc1cc(N2CCC(N3CCN(Cc4ccc(F)c(F)c4)C[C@H]3c3ccccc3C(C)C)CC2)ccc1C(=O)NS(=O)(=O)c1cnc(NCC2CCC(C)(O)CC2)c(N(C)[O-])c1. The van der Waals surface area contributed by atoms with E-state index in [4.69, 9.17) is 9.47 Å². The standard InChI is InChI=1S/C55H65F3N9O7S/c1-6-73-54-50(28-43-46(58)31-61-51(43)62-54)74-49-26-38(12-13-42(49)53(68)63-75(71,72)39-27-47(64(5)70)52(60-30-39)59-29-35-15-19-55(4,69)20-16-35)66-21-17-37(18-22-66)67-24-23-65(32-36-11-14-44(56)45(57)25-36)33-48(67)41-10-8-7-9-40(41)34(2)3/h7-14,25-28,30-31,34-35,37,48,69H,6,15-24,29,32-33H2,1-5H3,(H,59,60)(H,61,62)(H,63,68)/q-1/t35?,48-,55?/m0/s1. The highest BCUT2D eigenvalue weighted by molar-refractivity contribution is 7.90. The first-order valence-electron chi connectivity index (χ1n) is 25.7. The van der Waals surface area contributed by atoms with Crippen LogP contribution in [-0.4, -0.2) is 109 Å². The van der Waals surface area contributed by atoms with Crippen molar-refractivity contribution in [2.24, 2.45) is 5.92 Å². The zero-order chi connectivity index (χ0) is 53.2. The number of aliphatic hydroxyl groups is 1. The highest BCUT2D eigenvalue weighted by Gasteiger charge is 2.37. The second kappa shape index (κ2) is 22.4. The third-order valence-electron chi connectivity index (χ3n) is 14.9. The largest absolute Gasteiger partial charge is 0.758 e. The van der Waals surface area contributed by atoms with Crippen molar-refractivity contribution in [2.45, 2.75) is 101 Å². The van der Waals surface area contributed by atoms with Gasteiger partial charge in [-0.3, -0.25) is 14.6 Å². The van der Waals surface area contributed by atoms with E-state index in [0.29, 0.717) is 61.9 Å². The molecule has 9 rings (SSSR count). The number of piperazine rings is 1. The van der Waals surface area contributed by atoms with Gasteiger partial charge in [-0.05, 0) is 118 Å². The molecule has 400 valence electrons. The van der Waals surface area contributed by atoms with Crippen LogP contribution in [0.25, 0.3) is 11.0 Å². The Labute approximate surface area is 435 Å². The topological polar surface area (TPSA) is 192 Å². The number of halogens is 3. The molecule has 4 N–H and O–H groups in total. The minimum atomic E-state index is -4.64. The number of benzene rings is 3. The summed E-state index contributed by atoms with van der Waals surface area (Å²) in [5, 5.41) is 26.9. The predicted molar refractivity (Wildman–Crippen MR) is 282 cm³/mol. The maximum Gasteiger partial charge on any atom is 0.268 e. The van der Waals surface area contributed by atoms with E-state index in [1.807, 2.05) is 6.92 Å². The highest BCUT2D eigenvalue weighted by atomic mass is 32.2. The van der Waals surface area contributed by atoms with E-state index in [9.17, 15) is 32.3 Å². The van der Waals surface area contributed by atoms with Gasteiger partial charge >= 0.3 is 0 Å². The molecule has 2 saturated heterocycles. The Hall–Kier alpha value is -6.45. The van der Waals surface area contributed by atoms with Crippen molar-refractivity contribution in [3.63, 3.8) is 0 Å². The van der Waals surface area contributed by atoms with Gasteiger partial charge in [0.05, 0.1) is 28.8 Å². The maximum atomic E-state index is 15.0. The highest BCUT2D eigenvalue weighted by Crippen LogP contribution is 2.40. The third-order valence-corrected chi connectivity index (χ3v) is 16.2. The summed E-state index contributed by atoms with van der Waals surface area (Å²) < 4.78 is 85.5. The second-order valence-corrected chi connectivity index (χ2v) is 22.3. The number of nitrogens with one attached hydrogen (secondary N) is 3. The summed E-state index contributed by atoms with van der Waals surface area (Å²) in [6.07, 6.45) is 6.63. The summed E-state index contributed by atoms with van der Waals surface area (Å²) in [5.41, 5.74) is 3.19. The first-order chi connectivity index (χ1) is 35.9. The molecule has 3 aromatic carbocycles. The van der Waals surface area contributed by atoms with Crippen molar-refractivity contribution in [3.05, 3.63) is 130 Å². The van der Waals surface area contributed by atoms with Gasteiger partial charge in [-0.2, -0.15) is 4.98 Å². The molecular formula is C55H65F3N9O7S-. The molecule has 0 spiro atoms. The molecule has 1 atom stereocenters. The van der Waals surface area contributed by atoms with Crippen LogP contribution in [0.4, 0.5) is 30.4 Å². The van der Waals surface area contributed by atoms with Gasteiger partial charge in [0.1, 0.15) is 27.9 Å². The quantitative estimate of drug-likeness (QED) is 0.0632. The number of aromatic nitrogens is 3. The second-order valence-electron chi connectivity index (χ2n) is 20.6. The Balaban J connectivity index is 0.965. The lowest BCUT2D eigenvalue weighted by molar-refractivity contribution is 0.00975. The molecule has 1 saturated carbocycles. The van der Waals surface area contributed by atoms with Crippen molar-refractivity contribution in [3.8, 4) is 17.4 Å². The van der Waals surface area contributed by atoms with Crippen LogP contribution in [0.1, 0.15) is 105 Å². The Morgan fingerprint density at radius 1 is 0.960 bits per heavy atom. The minimum absolute atomic E-state index is 0.0129. The van der Waals surface area contributed by atoms with E-state index in [2.05, 4.69) is 77.8 Å². The summed E-state index contributed by atoms with van der Waals surface area (Å²) in [5.74, 6) is -2.74. The molecule has 0 bridgehead atoms. The Morgan fingerprint density at radius 2 is 1.72 bits per heavy atom. The monoisotopic (exact) mass is 1050 g/mol. The van der Waals surface area contributed by atoms with Crippen LogP contribution in [0, 0.1) is 28.6 Å². The zero-order valence-electron chi connectivity index (χ0n) is 42.9. The summed E-state index contributed by atoms with van der Waals surface area (Å²) in [4.78, 5) is 32.4. The molecular weight excluding hydrogens is 988 g/mol. The number of piperidine rings is 1. The number of nitrogens with zero attached hydrogens (tertiary/aromatic N) is 6. The molecule has 1 aliphatic carbocycles. The number of aromatic amines is 1. The van der Waals surface area contributed by atoms with E-state index in [1.165, 1.54) is 42.4 Å². The Morgan fingerprint density at radius 3 is 2.44 bits per heavy atom. The molecule has 5 heterocycles. The van der Waals surface area contributed by atoms with Crippen molar-refractivity contribution < 1.29 is 41.0 Å². The number of hydrogen-bond acceptors (Lipinski definition) is 14. The average Bonchev–Trinajstić information content (AvgIpc) is 3.75. The molecule has 0 unspecified atom stereocenters. The van der Waals surface area contributed by atoms with E-state index in [1.54, 1.807) is 25.1 Å². The molecule has 3 fully saturated rings. The first kappa shape index (κ1) is 53.4. The Kier molecular flexibility index (Phi) is 15.9. The lowest BCUT2D eigenvalue weighted by Gasteiger charge is -2.48. The number of carbonyl (C=O) groups excluding carboxylic acids is 1. The number of sulfonamides is 1. The van der Waals surface area contributed by atoms with Crippen LogP contribution >= 0.6 is 0 Å². The number of pyridine rings is 2. The van der Waals surface area contributed by atoms with E-state index in [-0.39, 0.29) is 76.0 Å². The van der Waals surface area contributed by atoms with Crippen LogP contribution in [-0.2, 0) is 16.6 Å². The first-order valence-corrected chi connectivity index (χ1v) is 27.2. The van der Waals surface area contributed by atoms with E-state index >= 15 is 4.39 Å². The average molecular weight is 1050 g/mol. The number of ether oxygens (including phenoxy) is 2. The normalized spacial score (nSPS) is 20.1. The number of carbonyl (C=O) groups is 1. The van der Waals surface area contributed by atoms with Crippen LogP contribution in [0.2, 0.25) is 0 Å². The number of H-pyrrole nitrogens is 1. The zero-order valence-corrected chi connectivity index (χ0v) is 43.7. The fourth-order valence-electron chi connectivity index (χ4n) is 10.7. The molecule has 3 aromatic heterocycles. The summed E-state index contributed by atoms with van der Waals surface area (Å²) in [6, 6.07) is 20.2. The number of hydroxylamine groups is 1. The van der Waals surface area contributed by atoms with Crippen molar-refractivity contribution >= 4 is 44.2 Å². The van der Waals surface area contributed by atoms with E-state index < -0.39 is 43.9 Å². The molecule has 0 radical (unpaired) electrons. The van der Waals surface area contributed by atoms with Gasteiger partial charge in [0.2, 0.25) is 0 Å². The van der Waals surface area contributed by atoms with Crippen molar-refractivity contribution in [1.29, 1.82) is 0 Å². The van der Waals surface area contributed by atoms with Crippen LogP contribution < -0.4 is 29.5 Å². The molecule has 1 amide bonds. The minimum Gasteiger partial charge on any atom is -0.758 e. The van der Waals surface area contributed by atoms with Gasteiger partial charge in [0, 0.05) is 88.1 Å². The Bertz CT molecular complexity index is 3120. The number of anilines is 3. The number of rotatable bonds is 17. The van der Waals surface area contributed by atoms with Gasteiger partial charge in [0.15, 0.2) is 17.4 Å². The fourth-order valence-corrected chi connectivity index (χ4v) is 11.7. The third kappa shape index (κ3) is 12.2. The maximum absolute atomic E-state index is 15.0. The summed E-state index contributed by atoms with van der Waals surface area (Å²) in [7, 11) is -3.42. The van der Waals surface area contributed by atoms with Gasteiger partial charge < -0.3 is 40.1 Å². The lowest BCUT2D eigenvalue weighted by atomic mass is 9.80. The predicted octanol–water partition coefficient (Wildman–Crippen LogP) is 9.62. The van der Waals surface area contributed by atoms with Crippen LogP contribution in [0.5, 0.6) is 17.4 Å². The van der Waals surface area contributed by atoms with Crippen molar-refractivity contribution in [2.75, 3.05) is 68.2 Å². The number of fused-ring (bicyclic) bond motifs is 1. The smallest absolute Gasteiger partial charge is 0.268 e. The molecule has 16 nitrogen and oxygen atoms in total. The molecule has 75 heavy (non-hydrogen) atoms. The van der Waals surface area contributed by atoms with Gasteiger partial charge in [0.25, 0.3) is 21.8 Å². The number of amides is 1. The van der Waals surface area contributed by atoms with Gasteiger partial charge in [-0.15, -0.1) is 0 Å². The van der Waals surface area contributed by atoms with Gasteiger partial charge in [-0.25, -0.2) is 31.3 Å². The molecule has 2 aliphatic heterocycles. The van der Waals surface area contributed by atoms with Crippen molar-refractivity contribution in [1.82, 2.24) is 29.5 Å². The summed E-state index contributed by atoms with van der Waals surface area (Å²) >= 11 is 0. The lowest BCUT2D eigenvalue weighted by Crippen LogP contribution is -2.54. The van der Waals surface area contributed by atoms with E-state index in [0.717, 1.165) is 57.2 Å². The number of hydrogen-bond donors (Lipinski definition) is 4. The molecule has 6 aromatic rings. The molecule has 3 aliphatic rings. The van der Waals surface area contributed by atoms with Gasteiger partial charge in [-0.1, -0.05) is 44.2 Å². The molecule has 20 heteroatoms. The summed E-state index contributed by atoms with van der Waals surface area (Å²) in [6.45, 7) is 12.5. The van der Waals surface area contributed by atoms with Crippen LogP contribution in [0.15, 0.2) is 90.1 Å². The van der Waals surface area contributed by atoms with Crippen LogP contribution in [0.3, 0.4) is 0 Å².